The molecule has 2 aliphatic rings. The van der Waals surface area contributed by atoms with Crippen molar-refractivity contribution in [1.29, 1.82) is 0 Å². The van der Waals surface area contributed by atoms with Gasteiger partial charge in [-0.25, -0.2) is 0 Å². The Morgan fingerprint density at radius 2 is 1.79 bits per heavy atom. The van der Waals surface area contributed by atoms with Crippen molar-refractivity contribution in [2.75, 3.05) is 13.1 Å². The summed E-state index contributed by atoms with van der Waals surface area (Å²) in [6.07, 6.45) is 2.73. The highest BCUT2D eigenvalue weighted by Gasteiger charge is 2.48. The Morgan fingerprint density at radius 3 is 2.29 bits per heavy atom. The Morgan fingerprint density at radius 1 is 1.14 bits per heavy atom. The third-order valence-corrected chi connectivity index (χ3v) is 3.95. The van der Waals surface area contributed by atoms with Gasteiger partial charge in [0.2, 0.25) is 0 Å². The molecule has 0 amide bonds. The Kier molecular flexibility index (Phi) is 1.86. The van der Waals surface area contributed by atoms with Crippen LogP contribution in [0.25, 0.3) is 0 Å². The molecule has 0 aromatic heterocycles. The van der Waals surface area contributed by atoms with Crippen LogP contribution >= 0.6 is 11.6 Å². The van der Waals surface area contributed by atoms with E-state index in [0.29, 0.717) is 5.41 Å². The largest absolute Gasteiger partial charge is 0.316 e. The maximum Gasteiger partial charge on any atom is 0.0406 e. The molecule has 1 aromatic carbocycles. The van der Waals surface area contributed by atoms with Crippen LogP contribution in [0.4, 0.5) is 0 Å². The summed E-state index contributed by atoms with van der Waals surface area (Å²) in [5, 5.41) is 4.20. The molecule has 1 N–H and O–H groups in total. The number of halogens is 1. The van der Waals surface area contributed by atoms with E-state index in [9.17, 15) is 0 Å². The van der Waals surface area contributed by atoms with Crippen LogP contribution in [-0.2, 0) is 0 Å². The summed E-state index contributed by atoms with van der Waals surface area (Å²) in [6, 6.07) is 8.35. The van der Waals surface area contributed by atoms with Gasteiger partial charge in [0, 0.05) is 18.1 Å². The van der Waals surface area contributed by atoms with E-state index in [4.69, 9.17) is 11.6 Å². The first-order valence-electron chi connectivity index (χ1n) is 5.24. The third-order valence-electron chi connectivity index (χ3n) is 3.70. The minimum absolute atomic E-state index is 0.671. The summed E-state index contributed by atoms with van der Waals surface area (Å²) in [5.74, 6) is 0.786. The van der Waals surface area contributed by atoms with Gasteiger partial charge in [-0.3, -0.25) is 0 Å². The second kappa shape index (κ2) is 2.98. The van der Waals surface area contributed by atoms with Crippen LogP contribution in [0, 0.1) is 5.41 Å². The summed E-state index contributed by atoms with van der Waals surface area (Å²) < 4.78 is 0. The monoisotopic (exact) mass is 207 g/mol. The summed E-state index contributed by atoms with van der Waals surface area (Å²) in [7, 11) is 0. The molecule has 0 radical (unpaired) electrons. The number of hydrogen-bond acceptors (Lipinski definition) is 1. The van der Waals surface area contributed by atoms with Gasteiger partial charge < -0.3 is 5.32 Å². The molecule has 1 aliphatic carbocycles. The molecular formula is C12H14ClN. The zero-order valence-electron chi connectivity index (χ0n) is 8.09. The highest BCUT2D eigenvalue weighted by atomic mass is 35.5. The topological polar surface area (TPSA) is 12.0 Å². The molecule has 1 heterocycles. The average Bonchev–Trinajstić information content (AvgIpc) is 2.03. The first-order valence-corrected chi connectivity index (χ1v) is 5.61. The van der Waals surface area contributed by atoms with Crippen molar-refractivity contribution in [3.8, 4) is 0 Å². The van der Waals surface area contributed by atoms with E-state index in [-0.39, 0.29) is 0 Å². The van der Waals surface area contributed by atoms with Gasteiger partial charge in [-0.15, -0.1) is 0 Å². The van der Waals surface area contributed by atoms with E-state index in [0.717, 1.165) is 10.9 Å². The van der Waals surface area contributed by atoms with Crippen molar-refractivity contribution in [3.63, 3.8) is 0 Å². The Labute approximate surface area is 89.5 Å². The summed E-state index contributed by atoms with van der Waals surface area (Å²) in [6.45, 7) is 2.47. The van der Waals surface area contributed by atoms with Gasteiger partial charge in [-0.2, -0.15) is 0 Å². The first-order chi connectivity index (χ1) is 6.77. The first kappa shape index (κ1) is 8.75. The molecule has 2 fully saturated rings. The van der Waals surface area contributed by atoms with Crippen LogP contribution in [0.15, 0.2) is 24.3 Å². The molecule has 74 valence electrons. The van der Waals surface area contributed by atoms with E-state index >= 15 is 0 Å². The fourth-order valence-corrected chi connectivity index (χ4v) is 2.85. The minimum Gasteiger partial charge on any atom is -0.316 e. The molecule has 0 atom stereocenters. The standard InChI is InChI=1S/C12H14ClN/c13-11-3-1-9(2-4-11)10-5-12(6-10)7-14-8-12/h1-4,10,14H,5-8H2. The van der Waals surface area contributed by atoms with Crippen LogP contribution < -0.4 is 5.32 Å². The summed E-state index contributed by atoms with van der Waals surface area (Å²) >= 11 is 5.86. The van der Waals surface area contributed by atoms with Crippen LogP contribution in [0.2, 0.25) is 5.02 Å². The number of benzene rings is 1. The van der Waals surface area contributed by atoms with Crippen LogP contribution in [-0.4, -0.2) is 13.1 Å². The van der Waals surface area contributed by atoms with E-state index in [2.05, 4.69) is 17.4 Å². The smallest absolute Gasteiger partial charge is 0.0406 e. The van der Waals surface area contributed by atoms with Crippen molar-refractivity contribution in [1.82, 2.24) is 5.32 Å². The van der Waals surface area contributed by atoms with Gasteiger partial charge in [0.1, 0.15) is 0 Å². The van der Waals surface area contributed by atoms with Crippen LogP contribution in [0.5, 0.6) is 0 Å². The predicted octanol–water partition coefficient (Wildman–Crippen LogP) is 2.81. The molecule has 1 nitrogen and oxygen atoms in total. The van der Waals surface area contributed by atoms with Crippen LogP contribution in [0.1, 0.15) is 24.3 Å². The van der Waals surface area contributed by atoms with E-state index < -0.39 is 0 Å². The van der Waals surface area contributed by atoms with Gasteiger partial charge >= 0.3 is 0 Å². The zero-order chi connectivity index (χ0) is 9.60. The van der Waals surface area contributed by atoms with Crippen LogP contribution in [0.3, 0.4) is 0 Å². The number of hydrogen-bond donors (Lipinski definition) is 1. The van der Waals surface area contributed by atoms with E-state index in [1.54, 1.807) is 0 Å². The highest BCUT2D eigenvalue weighted by molar-refractivity contribution is 6.30. The lowest BCUT2D eigenvalue weighted by Crippen LogP contribution is -2.59. The number of nitrogens with one attached hydrogen (secondary N) is 1. The van der Waals surface area contributed by atoms with Crippen molar-refractivity contribution < 1.29 is 0 Å². The molecule has 14 heavy (non-hydrogen) atoms. The third kappa shape index (κ3) is 1.27. The molecular weight excluding hydrogens is 194 g/mol. The molecule has 1 aromatic rings. The fraction of sp³-hybridized carbons (Fsp3) is 0.500. The zero-order valence-corrected chi connectivity index (χ0v) is 8.85. The normalized spacial score (nSPS) is 24.4. The lowest BCUT2D eigenvalue weighted by Gasteiger charge is -2.54. The summed E-state index contributed by atoms with van der Waals surface area (Å²) in [5.41, 5.74) is 2.14. The van der Waals surface area contributed by atoms with Gasteiger partial charge in [0.25, 0.3) is 0 Å². The van der Waals surface area contributed by atoms with Gasteiger partial charge in [0.05, 0.1) is 0 Å². The molecule has 1 saturated carbocycles. The second-order valence-corrected chi connectivity index (χ2v) is 5.20. The molecule has 0 unspecified atom stereocenters. The Bertz CT molecular complexity index is 332. The van der Waals surface area contributed by atoms with Gasteiger partial charge in [0.15, 0.2) is 0 Å². The summed E-state index contributed by atoms with van der Waals surface area (Å²) in [4.78, 5) is 0. The molecule has 1 aliphatic heterocycles. The molecule has 1 spiro atoms. The second-order valence-electron chi connectivity index (χ2n) is 4.76. The van der Waals surface area contributed by atoms with E-state index in [1.807, 2.05) is 12.1 Å². The van der Waals surface area contributed by atoms with Gasteiger partial charge in [-0.05, 0) is 41.9 Å². The maximum atomic E-state index is 5.86. The van der Waals surface area contributed by atoms with Crippen molar-refractivity contribution in [3.05, 3.63) is 34.9 Å². The molecule has 2 heteroatoms. The Balaban J connectivity index is 1.70. The fourth-order valence-electron chi connectivity index (χ4n) is 2.72. The SMILES string of the molecule is Clc1ccc(C2CC3(CNC3)C2)cc1. The van der Waals surface area contributed by atoms with E-state index in [1.165, 1.54) is 31.5 Å². The predicted molar refractivity (Wildman–Crippen MR) is 58.7 cm³/mol. The maximum absolute atomic E-state index is 5.86. The quantitative estimate of drug-likeness (QED) is 0.747. The molecule has 1 saturated heterocycles. The lowest BCUT2D eigenvalue weighted by atomic mass is 9.57. The number of rotatable bonds is 1. The van der Waals surface area contributed by atoms with Crippen molar-refractivity contribution in [2.24, 2.45) is 5.41 Å². The van der Waals surface area contributed by atoms with Crippen molar-refractivity contribution >= 4 is 11.6 Å². The molecule has 0 bridgehead atoms. The average molecular weight is 208 g/mol. The Hall–Kier alpha value is -0.530. The van der Waals surface area contributed by atoms with Gasteiger partial charge in [-0.1, -0.05) is 23.7 Å². The van der Waals surface area contributed by atoms with Crippen molar-refractivity contribution in [2.45, 2.75) is 18.8 Å². The minimum atomic E-state index is 0.671. The lowest BCUT2D eigenvalue weighted by molar-refractivity contribution is 0.0363. The highest BCUT2D eigenvalue weighted by Crippen LogP contribution is 2.53. The molecule has 3 rings (SSSR count).